The SMILES string of the molecule is CC1C(=O)NC(=O)N2C1C(O)C[C@H]1[C@H](O[Si](C)(C)C(C)(C)C)[C@@H](CO[Si](C)(C)C(C)(C)C)O[C@H]12. The van der Waals surface area contributed by atoms with E-state index in [0.29, 0.717) is 13.0 Å². The zero-order chi connectivity index (χ0) is 26.0. The molecule has 3 rings (SSSR count). The van der Waals surface area contributed by atoms with E-state index in [0.717, 1.165) is 0 Å². The van der Waals surface area contributed by atoms with Gasteiger partial charge < -0.3 is 18.7 Å². The molecule has 196 valence electrons. The lowest BCUT2D eigenvalue weighted by atomic mass is 9.80. The maximum absolute atomic E-state index is 12.9. The van der Waals surface area contributed by atoms with Crippen LogP contribution in [-0.2, 0) is 18.4 Å². The molecule has 3 amide bonds. The van der Waals surface area contributed by atoms with Gasteiger partial charge in [-0.25, -0.2) is 4.79 Å². The van der Waals surface area contributed by atoms with E-state index in [1.54, 1.807) is 11.8 Å². The molecule has 0 saturated carbocycles. The Morgan fingerprint density at radius 3 is 2.15 bits per heavy atom. The molecule has 8 nitrogen and oxygen atoms in total. The number of imide groups is 1. The number of aliphatic hydroxyl groups is 1. The van der Waals surface area contributed by atoms with E-state index in [1.165, 1.54) is 0 Å². The number of rotatable bonds is 5. The summed E-state index contributed by atoms with van der Waals surface area (Å²) in [6.45, 7) is 24.2. The monoisotopic (exact) mass is 514 g/mol. The number of amides is 3. The molecule has 34 heavy (non-hydrogen) atoms. The Labute approximate surface area is 207 Å². The van der Waals surface area contributed by atoms with Gasteiger partial charge in [-0.3, -0.25) is 15.0 Å². The molecule has 0 bridgehead atoms. The fourth-order valence-electron chi connectivity index (χ4n) is 4.68. The molecule has 0 aromatic carbocycles. The summed E-state index contributed by atoms with van der Waals surface area (Å²) < 4.78 is 20.0. The number of nitrogens with one attached hydrogen (secondary N) is 1. The number of piperidine rings is 1. The summed E-state index contributed by atoms with van der Waals surface area (Å²) in [6.07, 6.45) is -1.61. The summed E-state index contributed by atoms with van der Waals surface area (Å²) in [5.41, 5.74) is 0. The normalized spacial score (nSPS) is 35.2. The Morgan fingerprint density at radius 1 is 1.06 bits per heavy atom. The Morgan fingerprint density at radius 2 is 1.62 bits per heavy atom. The number of aliphatic hydroxyl groups excluding tert-OH is 1. The number of urea groups is 1. The summed E-state index contributed by atoms with van der Waals surface area (Å²) in [7, 11) is -4.22. The van der Waals surface area contributed by atoms with E-state index in [1.807, 2.05) is 0 Å². The van der Waals surface area contributed by atoms with Crippen molar-refractivity contribution in [2.45, 2.75) is 122 Å². The Bertz CT molecular complexity index is 806. The molecular formula is C24H46N2O6Si2. The number of carbonyl (C=O) groups is 2. The highest BCUT2D eigenvalue weighted by Crippen LogP contribution is 2.47. The van der Waals surface area contributed by atoms with Crippen molar-refractivity contribution < 1.29 is 28.3 Å². The topological polar surface area (TPSA) is 97.3 Å². The van der Waals surface area contributed by atoms with Gasteiger partial charge >= 0.3 is 6.03 Å². The number of ether oxygens (including phenoxy) is 1. The van der Waals surface area contributed by atoms with E-state index >= 15 is 0 Å². The van der Waals surface area contributed by atoms with Crippen LogP contribution in [0.4, 0.5) is 4.79 Å². The van der Waals surface area contributed by atoms with Crippen molar-refractivity contribution in [2.75, 3.05) is 6.61 Å². The standard InChI is InChI=1S/C24H46N2O6Si2/c1-14-18-16(27)12-15-19(32-34(10,11)24(5,6)7)17(13-30-33(8,9)23(2,3)4)31-21(15)26(18)22(29)25-20(14)28/h14-19,21,27H,12-13H2,1-11H3,(H,25,28,29)/t14?,15-,16?,17+,18?,19-,21+/m0/s1. The van der Waals surface area contributed by atoms with E-state index in [4.69, 9.17) is 13.6 Å². The predicted molar refractivity (Wildman–Crippen MR) is 136 cm³/mol. The summed E-state index contributed by atoms with van der Waals surface area (Å²) in [5.74, 6) is -1.06. The lowest BCUT2D eigenvalue weighted by molar-refractivity contribution is -0.154. The quantitative estimate of drug-likeness (QED) is 0.537. The van der Waals surface area contributed by atoms with Gasteiger partial charge in [-0.15, -0.1) is 0 Å². The van der Waals surface area contributed by atoms with Crippen LogP contribution in [0.2, 0.25) is 36.3 Å². The van der Waals surface area contributed by atoms with E-state index < -0.39 is 47.0 Å². The van der Waals surface area contributed by atoms with Crippen LogP contribution in [0.25, 0.3) is 0 Å². The molecule has 10 heteroatoms. The lowest BCUT2D eigenvalue weighted by Crippen LogP contribution is -2.69. The summed E-state index contributed by atoms with van der Waals surface area (Å²) >= 11 is 0. The molecule has 3 aliphatic rings. The fraction of sp³-hybridized carbons (Fsp3) is 0.917. The van der Waals surface area contributed by atoms with Crippen molar-refractivity contribution in [1.82, 2.24) is 10.2 Å². The van der Waals surface area contributed by atoms with Crippen LogP contribution in [-0.4, -0.2) is 75.8 Å². The third-order valence-electron chi connectivity index (χ3n) is 9.01. The number of carbonyl (C=O) groups excluding carboxylic acids is 2. The average Bonchev–Trinajstić information content (AvgIpc) is 2.98. The highest BCUT2D eigenvalue weighted by Gasteiger charge is 2.60. The number of hydrogen-bond acceptors (Lipinski definition) is 6. The zero-order valence-electron chi connectivity index (χ0n) is 22.9. The molecule has 3 saturated heterocycles. The van der Waals surface area contributed by atoms with E-state index in [-0.39, 0.29) is 34.1 Å². The molecule has 0 radical (unpaired) electrons. The first-order chi connectivity index (χ1) is 15.3. The Balaban J connectivity index is 1.94. The summed E-state index contributed by atoms with van der Waals surface area (Å²) in [4.78, 5) is 26.8. The molecule has 3 fully saturated rings. The highest BCUT2D eigenvalue weighted by atomic mass is 28.4. The van der Waals surface area contributed by atoms with Crippen molar-refractivity contribution in [3.05, 3.63) is 0 Å². The van der Waals surface area contributed by atoms with Gasteiger partial charge in [-0.1, -0.05) is 48.5 Å². The third kappa shape index (κ3) is 4.91. The van der Waals surface area contributed by atoms with Gasteiger partial charge in [-0.05, 0) is 42.7 Å². The second kappa shape index (κ2) is 8.95. The Hall–Kier alpha value is -0.786. The predicted octanol–water partition coefficient (Wildman–Crippen LogP) is 4.06. The molecule has 3 unspecified atom stereocenters. The number of hydrogen-bond donors (Lipinski definition) is 2. The van der Waals surface area contributed by atoms with Crippen LogP contribution >= 0.6 is 0 Å². The molecule has 0 spiro atoms. The lowest BCUT2D eigenvalue weighted by Gasteiger charge is -2.50. The van der Waals surface area contributed by atoms with Gasteiger partial charge in [0.05, 0.1) is 30.8 Å². The maximum Gasteiger partial charge on any atom is 0.326 e. The minimum atomic E-state index is -2.19. The first-order valence-corrected chi connectivity index (χ1v) is 18.4. The van der Waals surface area contributed by atoms with Crippen molar-refractivity contribution >= 4 is 28.6 Å². The second-order valence-electron chi connectivity index (χ2n) is 13.4. The van der Waals surface area contributed by atoms with Crippen molar-refractivity contribution in [3.63, 3.8) is 0 Å². The maximum atomic E-state index is 12.9. The van der Waals surface area contributed by atoms with Gasteiger partial charge in [0.25, 0.3) is 0 Å². The number of fused-ring (bicyclic) bond motifs is 3. The molecule has 3 heterocycles. The van der Waals surface area contributed by atoms with Crippen LogP contribution in [0.3, 0.4) is 0 Å². The van der Waals surface area contributed by atoms with Gasteiger partial charge in [0.2, 0.25) is 5.91 Å². The first-order valence-electron chi connectivity index (χ1n) is 12.6. The van der Waals surface area contributed by atoms with E-state index in [2.05, 4.69) is 73.0 Å². The van der Waals surface area contributed by atoms with Crippen LogP contribution in [0.1, 0.15) is 54.9 Å². The van der Waals surface area contributed by atoms with Gasteiger partial charge in [0.15, 0.2) is 16.6 Å². The highest BCUT2D eigenvalue weighted by molar-refractivity contribution is 6.74. The smallest absolute Gasteiger partial charge is 0.326 e. The minimum absolute atomic E-state index is 0.00479. The van der Waals surface area contributed by atoms with Crippen molar-refractivity contribution in [1.29, 1.82) is 0 Å². The molecule has 2 N–H and O–H groups in total. The molecule has 7 atom stereocenters. The van der Waals surface area contributed by atoms with Gasteiger partial charge in [0.1, 0.15) is 12.3 Å². The van der Waals surface area contributed by atoms with Crippen LogP contribution in [0, 0.1) is 11.8 Å². The molecule has 3 aliphatic heterocycles. The van der Waals surface area contributed by atoms with Crippen LogP contribution < -0.4 is 5.32 Å². The van der Waals surface area contributed by atoms with E-state index in [9.17, 15) is 14.7 Å². The van der Waals surface area contributed by atoms with Crippen molar-refractivity contribution in [2.24, 2.45) is 11.8 Å². The number of nitrogens with zero attached hydrogens (tertiary/aromatic N) is 1. The fourth-order valence-corrected chi connectivity index (χ4v) is 7.05. The summed E-state index contributed by atoms with van der Waals surface area (Å²) in [6, 6.07) is -1.10. The Kier molecular flexibility index (Phi) is 7.32. The summed E-state index contributed by atoms with van der Waals surface area (Å²) in [5, 5.41) is 13.6. The molecule has 0 aliphatic carbocycles. The van der Waals surface area contributed by atoms with Crippen molar-refractivity contribution in [3.8, 4) is 0 Å². The van der Waals surface area contributed by atoms with Gasteiger partial charge in [-0.2, -0.15) is 0 Å². The van der Waals surface area contributed by atoms with Crippen LogP contribution in [0.5, 0.6) is 0 Å². The first kappa shape index (κ1) is 27.8. The largest absolute Gasteiger partial charge is 0.414 e. The van der Waals surface area contributed by atoms with Crippen LogP contribution in [0.15, 0.2) is 0 Å². The second-order valence-corrected chi connectivity index (χ2v) is 23.0. The molecular weight excluding hydrogens is 468 g/mol. The zero-order valence-corrected chi connectivity index (χ0v) is 24.9. The van der Waals surface area contributed by atoms with Gasteiger partial charge in [0, 0.05) is 5.92 Å². The molecule has 0 aromatic heterocycles. The third-order valence-corrected chi connectivity index (χ3v) is 18.0. The average molecular weight is 515 g/mol. The minimum Gasteiger partial charge on any atom is -0.414 e. The molecule has 0 aromatic rings.